The number of rotatable bonds is 8. The Labute approximate surface area is 155 Å². The maximum absolute atomic E-state index is 9.10. The first kappa shape index (κ1) is 23.9. The molecule has 148 valence electrons. The van der Waals surface area contributed by atoms with Crippen molar-refractivity contribution in [2.45, 2.75) is 46.0 Å². The molecule has 0 atom stereocenters. The number of para-hydroxylation sites is 1. The normalized spacial score (nSPS) is 10.7. The Morgan fingerprint density at radius 2 is 1.73 bits per heavy atom. The first-order valence-electron chi connectivity index (χ1n) is 8.71. The predicted molar refractivity (Wildman–Crippen MR) is 102 cm³/mol. The van der Waals surface area contributed by atoms with Crippen molar-refractivity contribution in [1.82, 2.24) is 5.32 Å². The van der Waals surface area contributed by atoms with Gasteiger partial charge in [0.2, 0.25) is 0 Å². The van der Waals surface area contributed by atoms with Crippen LogP contribution in [0.2, 0.25) is 0 Å². The van der Waals surface area contributed by atoms with Gasteiger partial charge in [0.25, 0.3) is 0 Å². The van der Waals surface area contributed by atoms with Crippen LogP contribution in [-0.2, 0) is 15.0 Å². The van der Waals surface area contributed by atoms with Gasteiger partial charge in [-0.3, -0.25) is 0 Å². The SMILES string of the molecule is Cc1cccc(C(C)(C)C)c1OCCCCNCCN.O=C(O)C(=O)O. The third-order valence-corrected chi connectivity index (χ3v) is 3.52. The molecule has 26 heavy (non-hydrogen) atoms. The van der Waals surface area contributed by atoms with Crippen molar-refractivity contribution < 1.29 is 24.5 Å². The summed E-state index contributed by atoms with van der Waals surface area (Å²) in [5.41, 5.74) is 8.06. The zero-order chi connectivity index (χ0) is 20.2. The molecular formula is C19H32N2O5. The molecule has 0 heterocycles. The van der Waals surface area contributed by atoms with Gasteiger partial charge in [0.15, 0.2) is 0 Å². The third kappa shape index (κ3) is 10.0. The van der Waals surface area contributed by atoms with E-state index in [0.29, 0.717) is 6.54 Å². The molecule has 7 nitrogen and oxygen atoms in total. The van der Waals surface area contributed by atoms with Crippen LogP contribution < -0.4 is 15.8 Å². The zero-order valence-corrected chi connectivity index (χ0v) is 16.2. The summed E-state index contributed by atoms with van der Waals surface area (Å²) in [6.45, 7) is 12.2. The summed E-state index contributed by atoms with van der Waals surface area (Å²) in [5, 5.41) is 18.1. The second kappa shape index (κ2) is 12.3. The molecule has 5 N–H and O–H groups in total. The fourth-order valence-corrected chi connectivity index (χ4v) is 2.19. The first-order valence-corrected chi connectivity index (χ1v) is 8.71. The maximum atomic E-state index is 9.10. The third-order valence-electron chi connectivity index (χ3n) is 3.52. The molecule has 0 saturated carbocycles. The number of ether oxygens (including phenoxy) is 1. The average molecular weight is 368 g/mol. The number of carbonyl (C=O) groups is 2. The van der Waals surface area contributed by atoms with Crippen LogP contribution in [-0.4, -0.2) is 48.4 Å². The molecule has 0 aliphatic heterocycles. The molecule has 1 aromatic rings. The van der Waals surface area contributed by atoms with Gasteiger partial charge >= 0.3 is 11.9 Å². The molecule has 0 bridgehead atoms. The van der Waals surface area contributed by atoms with Crippen LogP contribution >= 0.6 is 0 Å². The molecule has 0 saturated heterocycles. The van der Waals surface area contributed by atoms with E-state index < -0.39 is 11.9 Å². The Kier molecular flexibility index (Phi) is 11.3. The smallest absolute Gasteiger partial charge is 0.414 e. The lowest BCUT2D eigenvalue weighted by Crippen LogP contribution is -2.23. The summed E-state index contributed by atoms with van der Waals surface area (Å²) in [6.07, 6.45) is 2.19. The summed E-state index contributed by atoms with van der Waals surface area (Å²) < 4.78 is 6.05. The number of hydrogen-bond donors (Lipinski definition) is 4. The van der Waals surface area contributed by atoms with Crippen LogP contribution in [0.1, 0.15) is 44.7 Å². The highest BCUT2D eigenvalue weighted by Gasteiger charge is 2.19. The van der Waals surface area contributed by atoms with E-state index in [1.807, 2.05) is 0 Å². The maximum Gasteiger partial charge on any atom is 0.414 e. The van der Waals surface area contributed by atoms with Crippen LogP contribution in [0.5, 0.6) is 5.75 Å². The minimum atomic E-state index is -1.82. The van der Waals surface area contributed by atoms with Crippen LogP contribution in [0.4, 0.5) is 0 Å². The zero-order valence-electron chi connectivity index (χ0n) is 16.2. The minimum Gasteiger partial charge on any atom is -0.493 e. The standard InChI is InChI=1S/C17H30N2O.C2H2O4/c1-14-8-7-9-15(17(2,3)4)16(14)20-13-6-5-11-19-12-10-18;3-1(4)2(5)6/h7-9,19H,5-6,10-13,18H2,1-4H3;(H,3,4)(H,5,6). The van der Waals surface area contributed by atoms with Gasteiger partial charge in [-0.1, -0.05) is 39.0 Å². The van der Waals surface area contributed by atoms with Gasteiger partial charge in [-0.05, 0) is 42.9 Å². The van der Waals surface area contributed by atoms with Crippen molar-refractivity contribution in [3.05, 3.63) is 29.3 Å². The van der Waals surface area contributed by atoms with E-state index in [-0.39, 0.29) is 5.41 Å². The molecule has 1 aromatic carbocycles. The molecule has 0 unspecified atom stereocenters. The van der Waals surface area contributed by atoms with Crippen LogP contribution in [0.15, 0.2) is 18.2 Å². The lowest BCUT2D eigenvalue weighted by atomic mass is 9.85. The number of nitrogens with two attached hydrogens (primary N) is 1. The van der Waals surface area contributed by atoms with Crippen LogP contribution in [0.3, 0.4) is 0 Å². The number of carboxylic acids is 2. The number of aliphatic carboxylic acids is 2. The fourth-order valence-electron chi connectivity index (χ4n) is 2.19. The van der Waals surface area contributed by atoms with Crippen molar-refractivity contribution in [3.63, 3.8) is 0 Å². The molecular weight excluding hydrogens is 336 g/mol. The van der Waals surface area contributed by atoms with E-state index in [1.54, 1.807) is 0 Å². The number of carboxylic acid groups (broad SMARTS) is 2. The molecule has 0 aliphatic rings. The highest BCUT2D eigenvalue weighted by molar-refractivity contribution is 6.27. The van der Waals surface area contributed by atoms with E-state index in [0.717, 1.165) is 38.3 Å². The molecule has 0 spiro atoms. The second-order valence-electron chi connectivity index (χ2n) is 6.91. The van der Waals surface area contributed by atoms with Crippen molar-refractivity contribution in [1.29, 1.82) is 0 Å². The molecule has 0 fully saturated rings. The van der Waals surface area contributed by atoms with Crippen molar-refractivity contribution in [2.24, 2.45) is 5.73 Å². The van der Waals surface area contributed by atoms with Gasteiger partial charge in [-0.25, -0.2) is 9.59 Å². The topological polar surface area (TPSA) is 122 Å². The van der Waals surface area contributed by atoms with E-state index in [9.17, 15) is 0 Å². The molecule has 0 amide bonds. The van der Waals surface area contributed by atoms with Crippen molar-refractivity contribution >= 4 is 11.9 Å². The fraction of sp³-hybridized carbons (Fsp3) is 0.579. The van der Waals surface area contributed by atoms with Gasteiger partial charge in [0.1, 0.15) is 5.75 Å². The van der Waals surface area contributed by atoms with E-state index >= 15 is 0 Å². The Morgan fingerprint density at radius 1 is 1.12 bits per heavy atom. The Hall–Kier alpha value is -2.12. The molecule has 1 rings (SSSR count). The number of aryl methyl sites for hydroxylation is 1. The minimum absolute atomic E-state index is 0.115. The molecule has 0 radical (unpaired) electrons. The van der Waals surface area contributed by atoms with E-state index in [4.69, 9.17) is 30.3 Å². The van der Waals surface area contributed by atoms with Gasteiger partial charge in [-0.15, -0.1) is 0 Å². The van der Waals surface area contributed by atoms with E-state index in [2.05, 4.69) is 51.2 Å². The largest absolute Gasteiger partial charge is 0.493 e. The Bertz CT molecular complexity index is 556. The summed E-state index contributed by atoms with van der Waals surface area (Å²) in [7, 11) is 0. The lowest BCUT2D eigenvalue weighted by molar-refractivity contribution is -0.159. The lowest BCUT2D eigenvalue weighted by Gasteiger charge is -2.24. The monoisotopic (exact) mass is 368 g/mol. The number of benzene rings is 1. The number of nitrogens with one attached hydrogen (secondary N) is 1. The Morgan fingerprint density at radius 3 is 2.23 bits per heavy atom. The second-order valence-corrected chi connectivity index (χ2v) is 6.91. The van der Waals surface area contributed by atoms with Crippen molar-refractivity contribution in [2.75, 3.05) is 26.2 Å². The average Bonchev–Trinajstić information content (AvgIpc) is 2.54. The quantitative estimate of drug-likeness (QED) is 0.410. The summed E-state index contributed by atoms with van der Waals surface area (Å²) in [4.78, 5) is 18.2. The molecule has 7 heteroatoms. The summed E-state index contributed by atoms with van der Waals surface area (Å²) >= 11 is 0. The highest BCUT2D eigenvalue weighted by atomic mass is 16.5. The van der Waals surface area contributed by atoms with E-state index in [1.165, 1.54) is 11.1 Å². The summed E-state index contributed by atoms with van der Waals surface area (Å²) in [5.74, 6) is -2.58. The summed E-state index contributed by atoms with van der Waals surface area (Å²) in [6, 6.07) is 6.40. The van der Waals surface area contributed by atoms with Gasteiger partial charge in [-0.2, -0.15) is 0 Å². The Balaban J connectivity index is 0.000000896. The molecule has 0 aliphatic carbocycles. The number of unbranched alkanes of at least 4 members (excludes halogenated alkanes) is 1. The van der Waals surface area contributed by atoms with Crippen LogP contribution in [0.25, 0.3) is 0 Å². The van der Waals surface area contributed by atoms with Crippen molar-refractivity contribution in [3.8, 4) is 5.75 Å². The first-order chi connectivity index (χ1) is 12.1. The predicted octanol–water partition coefficient (Wildman–Crippen LogP) is 2.16. The van der Waals surface area contributed by atoms with Crippen LogP contribution in [0, 0.1) is 6.92 Å². The highest BCUT2D eigenvalue weighted by Crippen LogP contribution is 2.33. The van der Waals surface area contributed by atoms with Gasteiger partial charge in [0.05, 0.1) is 6.61 Å². The molecule has 0 aromatic heterocycles. The van der Waals surface area contributed by atoms with Gasteiger partial charge < -0.3 is 26.0 Å². The van der Waals surface area contributed by atoms with Gasteiger partial charge in [0, 0.05) is 13.1 Å². The number of hydrogen-bond acceptors (Lipinski definition) is 5.